The molecule has 2 unspecified atom stereocenters. The summed E-state index contributed by atoms with van der Waals surface area (Å²) >= 11 is 0. The maximum absolute atomic E-state index is 8.67. The van der Waals surface area contributed by atoms with Gasteiger partial charge in [-0.2, -0.15) is 5.26 Å². The van der Waals surface area contributed by atoms with Crippen molar-refractivity contribution in [1.82, 2.24) is 5.32 Å². The molecule has 0 spiro atoms. The topological polar surface area (TPSA) is 35.8 Å². The zero-order chi connectivity index (χ0) is 9.56. The summed E-state index contributed by atoms with van der Waals surface area (Å²) in [6.45, 7) is 9.60. The maximum atomic E-state index is 8.67. The Morgan fingerprint density at radius 3 is 2.25 bits per heavy atom. The molecule has 0 aliphatic heterocycles. The summed E-state index contributed by atoms with van der Waals surface area (Å²) in [4.78, 5) is 0. The van der Waals surface area contributed by atoms with Crippen molar-refractivity contribution in [1.29, 1.82) is 5.26 Å². The van der Waals surface area contributed by atoms with Gasteiger partial charge in [0.1, 0.15) is 0 Å². The lowest BCUT2D eigenvalue weighted by molar-refractivity contribution is 0.381. The van der Waals surface area contributed by atoms with E-state index >= 15 is 0 Å². The van der Waals surface area contributed by atoms with Gasteiger partial charge in [0.2, 0.25) is 0 Å². The van der Waals surface area contributed by atoms with Gasteiger partial charge in [0.15, 0.2) is 0 Å². The summed E-state index contributed by atoms with van der Waals surface area (Å²) in [5.74, 6) is 1.33. The second-order valence-corrected chi connectivity index (χ2v) is 3.72. The number of nitriles is 1. The van der Waals surface area contributed by atoms with Crippen LogP contribution in [0.1, 0.15) is 34.1 Å². The van der Waals surface area contributed by atoms with Gasteiger partial charge in [0, 0.05) is 0 Å². The normalized spacial score (nSPS) is 15.7. The molecule has 0 aromatic heterocycles. The molecule has 0 heterocycles. The fraction of sp³-hybridized carbons (Fsp3) is 0.900. The van der Waals surface area contributed by atoms with Crippen LogP contribution in [0.5, 0.6) is 0 Å². The van der Waals surface area contributed by atoms with E-state index in [0.717, 1.165) is 13.0 Å². The smallest absolute Gasteiger partial charge is 0.0950 e. The van der Waals surface area contributed by atoms with Crippen molar-refractivity contribution in [3.63, 3.8) is 0 Å². The lowest BCUT2D eigenvalue weighted by Gasteiger charge is -2.17. The molecule has 0 radical (unpaired) electrons. The Bertz CT molecular complexity index is 146. The monoisotopic (exact) mass is 168 g/mol. The Labute approximate surface area is 76.0 Å². The first-order valence-electron chi connectivity index (χ1n) is 4.74. The van der Waals surface area contributed by atoms with E-state index in [-0.39, 0.29) is 6.04 Å². The van der Waals surface area contributed by atoms with Crippen LogP contribution in [0.15, 0.2) is 0 Å². The van der Waals surface area contributed by atoms with E-state index in [1.807, 2.05) is 6.92 Å². The molecular weight excluding hydrogens is 148 g/mol. The molecule has 2 nitrogen and oxygen atoms in total. The first kappa shape index (κ1) is 11.4. The van der Waals surface area contributed by atoms with E-state index in [0.29, 0.717) is 11.8 Å². The van der Waals surface area contributed by atoms with Crippen molar-refractivity contribution in [3.05, 3.63) is 0 Å². The Balaban J connectivity index is 3.60. The Kier molecular flexibility index (Phi) is 5.74. The zero-order valence-corrected chi connectivity index (χ0v) is 8.59. The average molecular weight is 168 g/mol. The minimum absolute atomic E-state index is 0.0335. The van der Waals surface area contributed by atoms with Crippen molar-refractivity contribution in [2.24, 2.45) is 11.8 Å². The van der Waals surface area contributed by atoms with E-state index in [4.69, 9.17) is 5.26 Å². The Morgan fingerprint density at radius 2 is 1.92 bits per heavy atom. The molecule has 0 saturated heterocycles. The zero-order valence-electron chi connectivity index (χ0n) is 8.59. The molecule has 70 valence electrons. The third-order valence-corrected chi connectivity index (χ3v) is 2.39. The van der Waals surface area contributed by atoms with E-state index < -0.39 is 0 Å². The molecule has 0 bridgehead atoms. The fourth-order valence-electron chi connectivity index (χ4n) is 0.845. The highest BCUT2D eigenvalue weighted by molar-refractivity contribution is 4.88. The van der Waals surface area contributed by atoms with Crippen molar-refractivity contribution in [2.45, 2.75) is 40.2 Å². The summed E-state index contributed by atoms with van der Waals surface area (Å²) in [6, 6.07) is 2.27. The number of hydrogen-bond donors (Lipinski definition) is 1. The molecule has 0 aromatic carbocycles. The minimum atomic E-state index is 0.0335. The predicted octanol–water partition coefficient (Wildman–Crippen LogP) is 2.17. The van der Waals surface area contributed by atoms with Crippen LogP contribution >= 0.6 is 0 Å². The summed E-state index contributed by atoms with van der Waals surface area (Å²) < 4.78 is 0. The molecule has 0 saturated carbocycles. The van der Waals surface area contributed by atoms with Gasteiger partial charge in [-0.3, -0.25) is 0 Å². The van der Waals surface area contributed by atoms with Crippen LogP contribution in [0, 0.1) is 23.2 Å². The fourth-order valence-corrected chi connectivity index (χ4v) is 0.845. The van der Waals surface area contributed by atoms with Crippen molar-refractivity contribution >= 4 is 0 Å². The van der Waals surface area contributed by atoms with Gasteiger partial charge in [0.25, 0.3) is 0 Å². The van der Waals surface area contributed by atoms with Crippen LogP contribution in [0.3, 0.4) is 0 Å². The lowest BCUT2D eigenvalue weighted by atomic mass is 9.98. The molecule has 0 aromatic rings. The first-order chi connectivity index (χ1) is 5.61. The molecule has 12 heavy (non-hydrogen) atoms. The Morgan fingerprint density at radius 1 is 1.33 bits per heavy atom. The first-order valence-corrected chi connectivity index (χ1v) is 4.74. The largest absolute Gasteiger partial charge is 0.302 e. The molecule has 2 atom stereocenters. The van der Waals surface area contributed by atoms with E-state index in [2.05, 4.69) is 32.2 Å². The number of nitrogens with one attached hydrogen (secondary N) is 1. The van der Waals surface area contributed by atoms with Gasteiger partial charge in [-0.25, -0.2) is 0 Å². The van der Waals surface area contributed by atoms with Crippen molar-refractivity contribution in [2.75, 3.05) is 6.54 Å². The molecule has 2 heteroatoms. The molecule has 0 aliphatic carbocycles. The van der Waals surface area contributed by atoms with Gasteiger partial charge >= 0.3 is 0 Å². The third-order valence-electron chi connectivity index (χ3n) is 2.39. The summed E-state index contributed by atoms with van der Waals surface area (Å²) in [5.41, 5.74) is 0. The molecule has 0 aliphatic rings. The third kappa shape index (κ3) is 4.35. The minimum Gasteiger partial charge on any atom is -0.302 e. The summed E-state index contributed by atoms with van der Waals surface area (Å²) in [6.07, 6.45) is 0.890. The summed E-state index contributed by atoms with van der Waals surface area (Å²) in [7, 11) is 0. The number of rotatable bonds is 5. The van der Waals surface area contributed by atoms with Gasteiger partial charge in [-0.1, -0.05) is 27.7 Å². The molecule has 0 fully saturated rings. The van der Waals surface area contributed by atoms with E-state index in [1.165, 1.54) is 0 Å². The standard InChI is InChI=1S/C10H20N2/c1-5-10(6-11)12-7-9(4)8(2)3/h8-10,12H,5,7H2,1-4H3. The Hall–Kier alpha value is -0.550. The van der Waals surface area contributed by atoms with Crippen LogP contribution in [0.25, 0.3) is 0 Å². The van der Waals surface area contributed by atoms with Gasteiger partial charge in [0.05, 0.1) is 12.1 Å². The van der Waals surface area contributed by atoms with Gasteiger partial charge in [-0.05, 0) is 24.8 Å². The predicted molar refractivity (Wildman–Crippen MR) is 51.7 cm³/mol. The van der Waals surface area contributed by atoms with Crippen LogP contribution in [0.2, 0.25) is 0 Å². The second-order valence-electron chi connectivity index (χ2n) is 3.72. The molecular formula is C10H20N2. The van der Waals surface area contributed by atoms with Crippen molar-refractivity contribution < 1.29 is 0 Å². The maximum Gasteiger partial charge on any atom is 0.0950 e. The number of nitrogens with zero attached hydrogens (tertiary/aromatic N) is 1. The van der Waals surface area contributed by atoms with E-state index in [1.54, 1.807) is 0 Å². The SMILES string of the molecule is CCC(C#N)NCC(C)C(C)C. The highest BCUT2D eigenvalue weighted by Crippen LogP contribution is 2.07. The highest BCUT2D eigenvalue weighted by Gasteiger charge is 2.09. The second kappa shape index (κ2) is 6.02. The lowest BCUT2D eigenvalue weighted by Crippen LogP contribution is -2.32. The van der Waals surface area contributed by atoms with Crippen LogP contribution in [-0.2, 0) is 0 Å². The quantitative estimate of drug-likeness (QED) is 0.683. The van der Waals surface area contributed by atoms with Crippen LogP contribution in [0.4, 0.5) is 0 Å². The number of hydrogen-bond acceptors (Lipinski definition) is 2. The molecule has 0 rings (SSSR count). The van der Waals surface area contributed by atoms with Crippen LogP contribution in [-0.4, -0.2) is 12.6 Å². The van der Waals surface area contributed by atoms with E-state index in [9.17, 15) is 0 Å². The average Bonchev–Trinajstić information content (AvgIpc) is 2.05. The highest BCUT2D eigenvalue weighted by atomic mass is 14.9. The van der Waals surface area contributed by atoms with Crippen molar-refractivity contribution in [3.8, 4) is 6.07 Å². The van der Waals surface area contributed by atoms with Gasteiger partial charge in [-0.15, -0.1) is 0 Å². The summed E-state index contributed by atoms with van der Waals surface area (Å²) in [5, 5.41) is 11.9. The van der Waals surface area contributed by atoms with Gasteiger partial charge < -0.3 is 5.32 Å². The molecule has 0 amide bonds. The van der Waals surface area contributed by atoms with Crippen LogP contribution < -0.4 is 5.32 Å². The molecule has 1 N–H and O–H groups in total.